The molecule has 0 aromatic heterocycles. The molecule has 0 saturated carbocycles. The summed E-state index contributed by atoms with van der Waals surface area (Å²) in [5.41, 5.74) is 1.32. The van der Waals surface area contributed by atoms with E-state index in [4.69, 9.17) is 9.47 Å². The van der Waals surface area contributed by atoms with Crippen molar-refractivity contribution in [3.8, 4) is 11.5 Å². The lowest BCUT2D eigenvalue weighted by Gasteiger charge is -2.05. The molecular formula is C18H13BrO5. The van der Waals surface area contributed by atoms with Crippen LogP contribution in [0, 0.1) is 0 Å². The van der Waals surface area contributed by atoms with Gasteiger partial charge in [-0.25, -0.2) is 4.79 Å². The van der Waals surface area contributed by atoms with E-state index in [0.29, 0.717) is 17.1 Å². The summed E-state index contributed by atoms with van der Waals surface area (Å²) in [5.74, 6) is 0.413. The molecule has 0 fully saturated rings. The minimum Gasteiger partial charge on any atom is -0.482 e. The summed E-state index contributed by atoms with van der Waals surface area (Å²) in [6, 6.07) is 12.3. The molecule has 1 aliphatic heterocycles. The molecular weight excluding hydrogens is 376 g/mol. The van der Waals surface area contributed by atoms with E-state index in [2.05, 4.69) is 20.7 Å². The van der Waals surface area contributed by atoms with Crippen LogP contribution in [0.2, 0.25) is 0 Å². The summed E-state index contributed by atoms with van der Waals surface area (Å²) in [6.45, 7) is -0.204. The number of ketones is 1. The molecule has 2 aromatic rings. The van der Waals surface area contributed by atoms with E-state index in [-0.39, 0.29) is 18.1 Å². The molecule has 0 amide bonds. The van der Waals surface area contributed by atoms with E-state index in [0.717, 1.165) is 10.0 Å². The smallest absolute Gasteiger partial charge is 0.343 e. The molecule has 1 heterocycles. The van der Waals surface area contributed by atoms with Crippen molar-refractivity contribution in [3.63, 3.8) is 0 Å². The van der Waals surface area contributed by atoms with Crippen LogP contribution >= 0.6 is 15.9 Å². The van der Waals surface area contributed by atoms with Gasteiger partial charge in [-0.15, -0.1) is 0 Å². The molecule has 3 rings (SSSR count). The predicted octanol–water partition coefficient (Wildman–Crippen LogP) is 3.62. The number of allylic oxidation sites excluding steroid dienone is 1. The third kappa shape index (κ3) is 3.49. The summed E-state index contributed by atoms with van der Waals surface area (Å²) in [6.07, 6.45) is 1.68. The molecule has 0 spiro atoms. The zero-order valence-electron chi connectivity index (χ0n) is 12.7. The van der Waals surface area contributed by atoms with E-state index in [1.807, 2.05) is 24.3 Å². The summed E-state index contributed by atoms with van der Waals surface area (Å²) >= 11 is 3.37. The Morgan fingerprint density at radius 1 is 1.21 bits per heavy atom. The van der Waals surface area contributed by atoms with Crippen molar-refractivity contribution in [2.24, 2.45) is 0 Å². The normalized spacial score (nSPS) is 14.2. The topological polar surface area (TPSA) is 61.8 Å². The van der Waals surface area contributed by atoms with Crippen molar-refractivity contribution >= 4 is 33.8 Å². The molecule has 24 heavy (non-hydrogen) atoms. The highest BCUT2D eigenvalue weighted by Crippen LogP contribution is 2.34. The maximum atomic E-state index is 12.4. The van der Waals surface area contributed by atoms with E-state index in [9.17, 15) is 9.59 Å². The lowest BCUT2D eigenvalue weighted by Crippen LogP contribution is -2.12. The van der Waals surface area contributed by atoms with Gasteiger partial charge < -0.3 is 14.2 Å². The van der Waals surface area contributed by atoms with Crippen molar-refractivity contribution in [2.75, 3.05) is 13.7 Å². The van der Waals surface area contributed by atoms with Crippen LogP contribution in [-0.4, -0.2) is 25.5 Å². The number of benzene rings is 2. The number of esters is 1. The molecule has 0 radical (unpaired) electrons. The van der Waals surface area contributed by atoms with Crippen LogP contribution in [0.4, 0.5) is 0 Å². The van der Waals surface area contributed by atoms with Crippen molar-refractivity contribution in [2.45, 2.75) is 0 Å². The van der Waals surface area contributed by atoms with Crippen molar-refractivity contribution < 1.29 is 23.8 Å². The summed E-state index contributed by atoms with van der Waals surface area (Å²) in [5, 5.41) is 0. The van der Waals surface area contributed by atoms with E-state index in [1.54, 1.807) is 24.3 Å². The van der Waals surface area contributed by atoms with Crippen LogP contribution in [0.15, 0.2) is 52.7 Å². The second-order valence-corrected chi connectivity index (χ2v) is 5.93. The van der Waals surface area contributed by atoms with Crippen LogP contribution in [0.5, 0.6) is 11.5 Å². The lowest BCUT2D eigenvalue weighted by atomic mass is 10.1. The average molecular weight is 389 g/mol. The molecule has 6 heteroatoms. The minimum absolute atomic E-state index is 0.188. The third-order valence-corrected chi connectivity index (χ3v) is 3.92. The molecule has 122 valence electrons. The number of hydrogen-bond acceptors (Lipinski definition) is 5. The van der Waals surface area contributed by atoms with Gasteiger partial charge in [0.25, 0.3) is 0 Å². The molecule has 0 saturated heterocycles. The Hall–Kier alpha value is -2.60. The Morgan fingerprint density at radius 3 is 2.67 bits per heavy atom. The standard InChI is InChI=1S/C18H13BrO5/c1-22-17(20)10-23-13-6-7-14-15(9-13)24-16(18(14)21)8-11-2-4-12(19)5-3-11/h2-9H,10H2,1H3/b16-8+. The monoisotopic (exact) mass is 388 g/mol. The van der Waals surface area contributed by atoms with Gasteiger partial charge in [0.05, 0.1) is 12.7 Å². The number of rotatable bonds is 4. The van der Waals surface area contributed by atoms with Gasteiger partial charge in [-0.1, -0.05) is 28.1 Å². The van der Waals surface area contributed by atoms with Crippen molar-refractivity contribution in [1.29, 1.82) is 0 Å². The van der Waals surface area contributed by atoms with Crippen LogP contribution in [0.25, 0.3) is 6.08 Å². The number of hydrogen-bond donors (Lipinski definition) is 0. The SMILES string of the molecule is COC(=O)COc1ccc2c(c1)O/C(=C/c1ccc(Br)cc1)C2=O. The highest BCUT2D eigenvalue weighted by Gasteiger charge is 2.27. The second-order valence-electron chi connectivity index (χ2n) is 5.01. The number of fused-ring (bicyclic) bond motifs is 1. The number of carbonyl (C=O) groups excluding carboxylic acids is 2. The van der Waals surface area contributed by atoms with Gasteiger partial charge in [0, 0.05) is 10.5 Å². The molecule has 1 aliphatic rings. The van der Waals surface area contributed by atoms with Gasteiger partial charge in [0.15, 0.2) is 12.4 Å². The number of Topliss-reactive ketones (excluding diaryl/α,β-unsaturated/α-hetero) is 1. The number of ether oxygens (including phenoxy) is 3. The predicted molar refractivity (Wildman–Crippen MR) is 91.0 cm³/mol. The van der Waals surface area contributed by atoms with Gasteiger partial charge in [0.1, 0.15) is 11.5 Å². The maximum absolute atomic E-state index is 12.4. The van der Waals surface area contributed by atoms with Gasteiger partial charge in [0.2, 0.25) is 5.78 Å². The summed E-state index contributed by atoms with van der Waals surface area (Å²) < 4.78 is 16.4. The number of methoxy groups -OCH3 is 1. The summed E-state index contributed by atoms with van der Waals surface area (Å²) in [7, 11) is 1.29. The van der Waals surface area contributed by atoms with Gasteiger partial charge in [-0.2, -0.15) is 0 Å². The van der Waals surface area contributed by atoms with Gasteiger partial charge in [-0.3, -0.25) is 4.79 Å². The average Bonchev–Trinajstić information content (AvgIpc) is 2.90. The van der Waals surface area contributed by atoms with Crippen LogP contribution in [-0.2, 0) is 9.53 Å². The Balaban J connectivity index is 1.79. The number of halogens is 1. The Morgan fingerprint density at radius 2 is 1.96 bits per heavy atom. The third-order valence-electron chi connectivity index (χ3n) is 3.39. The fourth-order valence-corrected chi connectivity index (χ4v) is 2.43. The van der Waals surface area contributed by atoms with Gasteiger partial charge >= 0.3 is 5.97 Å². The summed E-state index contributed by atoms with van der Waals surface area (Å²) in [4.78, 5) is 23.5. The van der Waals surface area contributed by atoms with Gasteiger partial charge in [-0.05, 0) is 35.9 Å². The molecule has 0 N–H and O–H groups in total. The first-order chi connectivity index (χ1) is 11.6. The van der Waals surface area contributed by atoms with Crippen LogP contribution < -0.4 is 9.47 Å². The van der Waals surface area contributed by atoms with Crippen molar-refractivity contribution in [1.82, 2.24) is 0 Å². The second kappa shape index (κ2) is 6.88. The molecule has 0 atom stereocenters. The molecule has 0 bridgehead atoms. The first kappa shape index (κ1) is 16.3. The molecule has 5 nitrogen and oxygen atoms in total. The molecule has 0 unspecified atom stereocenters. The van der Waals surface area contributed by atoms with Crippen LogP contribution in [0.1, 0.15) is 15.9 Å². The van der Waals surface area contributed by atoms with E-state index in [1.165, 1.54) is 7.11 Å². The van der Waals surface area contributed by atoms with E-state index >= 15 is 0 Å². The lowest BCUT2D eigenvalue weighted by molar-refractivity contribution is -0.142. The first-order valence-electron chi connectivity index (χ1n) is 7.10. The Kier molecular flexibility index (Phi) is 4.66. The molecule has 2 aromatic carbocycles. The fourth-order valence-electron chi connectivity index (χ4n) is 2.17. The quantitative estimate of drug-likeness (QED) is 0.591. The first-order valence-corrected chi connectivity index (χ1v) is 7.89. The zero-order valence-corrected chi connectivity index (χ0v) is 14.3. The Labute approximate surface area is 147 Å². The zero-order chi connectivity index (χ0) is 17.1. The highest BCUT2D eigenvalue weighted by atomic mass is 79.9. The highest BCUT2D eigenvalue weighted by molar-refractivity contribution is 9.10. The van der Waals surface area contributed by atoms with Crippen molar-refractivity contribution in [3.05, 3.63) is 63.8 Å². The number of carbonyl (C=O) groups is 2. The largest absolute Gasteiger partial charge is 0.482 e. The molecule has 0 aliphatic carbocycles. The maximum Gasteiger partial charge on any atom is 0.343 e. The fraction of sp³-hybridized carbons (Fsp3) is 0.111. The van der Waals surface area contributed by atoms with Crippen LogP contribution in [0.3, 0.4) is 0 Å². The Bertz CT molecular complexity index is 824. The van der Waals surface area contributed by atoms with E-state index < -0.39 is 5.97 Å². The minimum atomic E-state index is -0.483.